The molecule has 0 aliphatic heterocycles. The lowest BCUT2D eigenvalue weighted by molar-refractivity contribution is 0.670. The molecule has 1 heterocycles. The van der Waals surface area contributed by atoms with Gasteiger partial charge in [-0.1, -0.05) is 145 Å². The molecule has 1 nitrogen and oxygen atoms in total. The first kappa shape index (κ1) is 17.3. The molecular formula is C42H26O. The van der Waals surface area contributed by atoms with Crippen LogP contribution in [-0.4, -0.2) is 0 Å². The van der Waals surface area contributed by atoms with Crippen LogP contribution in [0.15, 0.2) is 162 Å². The zero-order valence-electron chi connectivity index (χ0n) is 30.8. The molecule has 0 fully saturated rings. The van der Waals surface area contributed by atoms with Crippen molar-refractivity contribution in [3.05, 3.63) is 158 Å². The van der Waals surface area contributed by atoms with Gasteiger partial charge in [0.25, 0.3) is 0 Å². The predicted molar refractivity (Wildman–Crippen MR) is 183 cm³/mol. The summed E-state index contributed by atoms with van der Waals surface area (Å²) in [6.07, 6.45) is 0. The average molecular weight is 555 g/mol. The monoisotopic (exact) mass is 554 g/mol. The van der Waals surface area contributed by atoms with Crippen molar-refractivity contribution in [2.75, 3.05) is 0 Å². The van der Waals surface area contributed by atoms with Crippen molar-refractivity contribution in [3.63, 3.8) is 0 Å². The highest BCUT2D eigenvalue weighted by Crippen LogP contribution is 2.44. The fraction of sp³-hybridized carbons (Fsp3) is 0. The van der Waals surface area contributed by atoms with E-state index in [1.54, 1.807) is 0 Å². The summed E-state index contributed by atoms with van der Waals surface area (Å²) < 4.78 is 77.9. The van der Waals surface area contributed by atoms with Crippen LogP contribution in [0.5, 0.6) is 0 Å². The Hall–Kier alpha value is -5.66. The van der Waals surface area contributed by atoms with E-state index in [-0.39, 0.29) is 45.7 Å². The van der Waals surface area contributed by atoms with Gasteiger partial charge in [0, 0.05) is 16.3 Å². The van der Waals surface area contributed by atoms with Gasteiger partial charge in [-0.05, 0) is 72.3 Å². The summed E-state index contributed by atoms with van der Waals surface area (Å²) in [4.78, 5) is 0. The SMILES string of the molecule is [2H]c1c([2H])c([2H])c2c(-c3ccc4ccccc4c3)c3c([2H])c([2H])c([2H])c([2H])c3c(-c3ccc(-c4cccc5c4oc4ccccc45)cc3)c2c1[2H]. The molecule has 1 heteroatoms. The highest BCUT2D eigenvalue weighted by atomic mass is 16.3. The van der Waals surface area contributed by atoms with Crippen LogP contribution in [0.2, 0.25) is 0 Å². The summed E-state index contributed by atoms with van der Waals surface area (Å²) in [5, 5.41) is 4.62. The van der Waals surface area contributed by atoms with E-state index in [1.165, 1.54) is 0 Å². The molecule has 9 aromatic rings. The van der Waals surface area contributed by atoms with Gasteiger partial charge in [-0.25, -0.2) is 0 Å². The van der Waals surface area contributed by atoms with Gasteiger partial charge in [-0.2, -0.15) is 0 Å². The van der Waals surface area contributed by atoms with Crippen molar-refractivity contribution in [1.29, 1.82) is 0 Å². The molecule has 0 spiro atoms. The number of rotatable bonds is 3. The molecule has 0 bridgehead atoms. The average Bonchev–Trinajstić information content (AvgIpc) is 3.55. The van der Waals surface area contributed by atoms with Crippen LogP contribution in [0.3, 0.4) is 0 Å². The van der Waals surface area contributed by atoms with Gasteiger partial charge in [0.15, 0.2) is 0 Å². The van der Waals surface area contributed by atoms with E-state index in [0.29, 0.717) is 22.3 Å². The van der Waals surface area contributed by atoms with Gasteiger partial charge in [-0.3, -0.25) is 0 Å². The summed E-state index contributed by atoms with van der Waals surface area (Å²) >= 11 is 0. The highest BCUT2D eigenvalue weighted by molar-refractivity contribution is 6.21. The zero-order chi connectivity index (χ0) is 35.3. The number of fused-ring (bicyclic) bond motifs is 6. The van der Waals surface area contributed by atoms with E-state index in [2.05, 4.69) is 0 Å². The predicted octanol–water partition coefficient (Wildman–Crippen LogP) is 12.0. The van der Waals surface area contributed by atoms with E-state index in [0.717, 1.165) is 43.8 Å². The highest BCUT2D eigenvalue weighted by Gasteiger charge is 2.17. The molecule has 0 amide bonds. The third-order valence-corrected chi connectivity index (χ3v) is 8.30. The molecule has 200 valence electrons. The van der Waals surface area contributed by atoms with Crippen molar-refractivity contribution in [2.24, 2.45) is 0 Å². The Morgan fingerprint density at radius 1 is 0.419 bits per heavy atom. The Morgan fingerprint density at radius 2 is 0.977 bits per heavy atom. The first-order chi connectivity index (χ1) is 24.7. The van der Waals surface area contributed by atoms with Gasteiger partial charge in [-0.15, -0.1) is 0 Å². The number of para-hydroxylation sites is 2. The van der Waals surface area contributed by atoms with Crippen LogP contribution in [0.1, 0.15) is 11.0 Å². The molecule has 0 saturated heterocycles. The Morgan fingerprint density at radius 3 is 1.70 bits per heavy atom. The van der Waals surface area contributed by atoms with Gasteiger partial charge in [0.1, 0.15) is 11.2 Å². The fourth-order valence-electron chi connectivity index (χ4n) is 6.34. The van der Waals surface area contributed by atoms with E-state index in [1.807, 2.05) is 109 Å². The maximum Gasteiger partial charge on any atom is 0.143 e. The van der Waals surface area contributed by atoms with Gasteiger partial charge < -0.3 is 4.42 Å². The molecule has 0 radical (unpaired) electrons. The van der Waals surface area contributed by atoms with Crippen molar-refractivity contribution < 1.29 is 15.4 Å². The Labute approximate surface area is 260 Å². The minimum Gasteiger partial charge on any atom is -0.455 e. The van der Waals surface area contributed by atoms with Crippen LogP contribution < -0.4 is 0 Å². The van der Waals surface area contributed by atoms with E-state index >= 15 is 0 Å². The smallest absolute Gasteiger partial charge is 0.143 e. The lowest BCUT2D eigenvalue weighted by Gasteiger charge is -2.18. The lowest BCUT2D eigenvalue weighted by atomic mass is 9.85. The van der Waals surface area contributed by atoms with Gasteiger partial charge in [0.05, 0.1) is 11.0 Å². The third-order valence-electron chi connectivity index (χ3n) is 8.30. The molecule has 8 aromatic carbocycles. The van der Waals surface area contributed by atoms with Crippen LogP contribution in [-0.2, 0) is 0 Å². The summed E-state index contributed by atoms with van der Waals surface area (Å²) in [6, 6.07) is 31.9. The van der Waals surface area contributed by atoms with Crippen molar-refractivity contribution in [2.45, 2.75) is 0 Å². The normalized spacial score (nSPS) is 14.3. The maximum absolute atomic E-state index is 9.23. The van der Waals surface area contributed by atoms with Crippen LogP contribution >= 0.6 is 0 Å². The second-order valence-corrected chi connectivity index (χ2v) is 10.7. The van der Waals surface area contributed by atoms with Crippen LogP contribution in [0.4, 0.5) is 0 Å². The molecule has 0 aliphatic rings. The Kier molecular flexibility index (Phi) is 3.80. The van der Waals surface area contributed by atoms with Gasteiger partial charge in [0.2, 0.25) is 0 Å². The summed E-state index contributed by atoms with van der Waals surface area (Å²) in [7, 11) is 0. The van der Waals surface area contributed by atoms with E-state index in [9.17, 15) is 5.48 Å². The zero-order valence-corrected chi connectivity index (χ0v) is 22.8. The number of hydrogen-bond acceptors (Lipinski definition) is 1. The molecule has 9 rings (SSSR count). The molecule has 0 saturated carbocycles. The lowest BCUT2D eigenvalue weighted by Crippen LogP contribution is -1.91. The Balaban J connectivity index is 1.40. The largest absolute Gasteiger partial charge is 0.455 e. The quantitative estimate of drug-likeness (QED) is 0.198. The van der Waals surface area contributed by atoms with Gasteiger partial charge >= 0.3 is 0 Å². The molecular weight excluding hydrogens is 520 g/mol. The first-order valence-corrected chi connectivity index (χ1v) is 14.1. The standard InChI is InChI=1S/C42H26O/c1-2-11-30-26-31(25-20-27(30)10-1)41-36-15-5-3-13-34(36)40(35-14-4-6-16-37(35)41)29-23-21-28(22-24-29)32-17-9-18-38-33-12-7-8-19-39(33)43-42(32)38/h1-26H/i3D,4D,5D,6D,13D,14D,15D,16D. The first-order valence-electron chi connectivity index (χ1n) is 18.1. The number of furan rings is 1. The maximum atomic E-state index is 9.23. The molecule has 0 atom stereocenters. The van der Waals surface area contributed by atoms with Crippen molar-refractivity contribution in [1.82, 2.24) is 0 Å². The van der Waals surface area contributed by atoms with Crippen molar-refractivity contribution >= 4 is 54.3 Å². The number of benzene rings is 8. The second kappa shape index (κ2) is 9.44. The molecule has 0 N–H and O–H groups in total. The minimum absolute atomic E-state index is 0.189. The minimum atomic E-state index is -0.424. The fourth-order valence-corrected chi connectivity index (χ4v) is 6.34. The third kappa shape index (κ3) is 3.72. The molecule has 0 aliphatic carbocycles. The second-order valence-electron chi connectivity index (χ2n) is 10.7. The van der Waals surface area contributed by atoms with E-state index in [4.69, 9.17) is 9.90 Å². The summed E-state index contributed by atoms with van der Waals surface area (Å²) in [5.74, 6) is 0. The van der Waals surface area contributed by atoms with E-state index < -0.39 is 24.2 Å². The number of hydrogen-bond donors (Lipinski definition) is 0. The van der Waals surface area contributed by atoms with Crippen molar-refractivity contribution in [3.8, 4) is 33.4 Å². The van der Waals surface area contributed by atoms with Crippen LogP contribution in [0, 0.1) is 0 Å². The molecule has 43 heavy (non-hydrogen) atoms. The summed E-state index contributed by atoms with van der Waals surface area (Å²) in [5.41, 5.74) is 5.03. The Bertz CT molecular complexity index is 2860. The summed E-state index contributed by atoms with van der Waals surface area (Å²) in [6.45, 7) is 0. The van der Waals surface area contributed by atoms with Crippen LogP contribution in [0.25, 0.3) is 87.6 Å². The molecule has 1 aromatic heterocycles. The molecule has 0 unspecified atom stereocenters. The topological polar surface area (TPSA) is 13.1 Å².